The molecule has 22 heavy (non-hydrogen) atoms. The fourth-order valence-corrected chi connectivity index (χ4v) is 2.93. The number of aromatic amines is 1. The van der Waals surface area contributed by atoms with Crippen molar-refractivity contribution in [1.82, 2.24) is 20.1 Å². The molecular weight excluding hydrogens is 280 g/mol. The lowest BCUT2D eigenvalue weighted by atomic mass is 10.0. The highest BCUT2D eigenvalue weighted by atomic mass is 16.5. The van der Waals surface area contributed by atoms with E-state index >= 15 is 0 Å². The first-order valence-electron chi connectivity index (χ1n) is 7.57. The Bertz CT molecular complexity index is 668. The molecule has 0 unspecified atom stereocenters. The van der Waals surface area contributed by atoms with Crippen molar-refractivity contribution in [3.8, 4) is 5.88 Å². The fraction of sp³-hybridized carbons (Fsp3) is 0.438. The Morgan fingerprint density at radius 2 is 2.41 bits per heavy atom. The van der Waals surface area contributed by atoms with Crippen molar-refractivity contribution in [2.45, 2.75) is 26.2 Å². The van der Waals surface area contributed by atoms with Gasteiger partial charge in [-0.25, -0.2) is 4.98 Å². The number of carbonyl (C=O) groups excluding carboxylic acids is 1. The van der Waals surface area contributed by atoms with Crippen molar-refractivity contribution in [1.29, 1.82) is 0 Å². The molecule has 0 aliphatic carbocycles. The van der Waals surface area contributed by atoms with Crippen LogP contribution >= 0.6 is 0 Å². The molecule has 0 radical (unpaired) electrons. The minimum atomic E-state index is -0.0174. The minimum Gasteiger partial charge on any atom is -0.477 e. The first kappa shape index (κ1) is 14.6. The molecule has 0 aromatic carbocycles. The Morgan fingerprint density at radius 1 is 1.55 bits per heavy atom. The molecular formula is C16H20N4O2. The van der Waals surface area contributed by atoms with Gasteiger partial charge >= 0.3 is 0 Å². The molecule has 0 bridgehead atoms. The maximum Gasteiger partial charge on any atom is 0.259 e. The highest BCUT2D eigenvalue weighted by Crippen LogP contribution is 2.29. The van der Waals surface area contributed by atoms with E-state index < -0.39 is 0 Å². The molecule has 116 valence electrons. The highest BCUT2D eigenvalue weighted by molar-refractivity contribution is 5.96. The third-order valence-electron chi connectivity index (χ3n) is 4.03. The van der Waals surface area contributed by atoms with Gasteiger partial charge in [-0.05, 0) is 38.0 Å². The lowest BCUT2D eigenvalue weighted by molar-refractivity contribution is 0.0785. The number of hydrogen-bond donors (Lipinski definition) is 1. The summed E-state index contributed by atoms with van der Waals surface area (Å²) in [5.74, 6) is 0.714. The SMILES string of the molecule is CCOc1ncccc1C(=O)N1CC[C@@H](c2[nH]ncc2C)C1. The van der Waals surface area contributed by atoms with Crippen molar-refractivity contribution in [3.05, 3.63) is 41.3 Å². The van der Waals surface area contributed by atoms with Gasteiger partial charge in [0.05, 0.1) is 12.8 Å². The molecule has 1 N–H and O–H groups in total. The van der Waals surface area contributed by atoms with Crippen LogP contribution in [-0.2, 0) is 0 Å². The number of carbonyl (C=O) groups is 1. The molecule has 1 saturated heterocycles. The number of ether oxygens (including phenoxy) is 1. The lowest BCUT2D eigenvalue weighted by Gasteiger charge is -2.18. The molecule has 2 aromatic heterocycles. The first-order chi connectivity index (χ1) is 10.7. The van der Waals surface area contributed by atoms with Crippen LogP contribution in [0, 0.1) is 6.92 Å². The molecule has 1 amide bonds. The minimum absolute atomic E-state index is 0.0174. The number of amides is 1. The zero-order valence-electron chi connectivity index (χ0n) is 12.9. The smallest absolute Gasteiger partial charge is 0.259 e. The van der Waals surface area contributed by atoms with Crippen molar-refractivity contribution in [2.75, 3.05) is 19.7 Å². The number of nitrogens with zero attached hydrogens (tertiary/aromatic N) is 3. The fourth-order valence-electron chi connectivity index (χ4n) is 2.93. The first-order valence-corrected chi connectivity index (χ1v) is 7.57. The molecule has 1 atom stereocenters. The van der Waals surface area contributed by atoms with E-state index in [4.69, 9.17) is 4.74 Å². The number of nitrogens with one attached hydrogen (secondary N) is 1. The van der Waals surface area contributed by atoms with E-state index in [1.54, 1.807) is 18.3 Å². The number of aryl methyl sites for hydroxylation is 1. The van der Waals surface area contributed by atoms with Crippen molar-refractivity contribution >= 4 is 5.91 Å². The second kappa shape index (κ2) is 6.17. The molecule has 0 saturated carbocycles. The van der Waals surface area contributed by atoms with Gasteiger partial charge in [-0.15, -0.1) is 0 Å². The summed E-state index contributed by atoms with van der Waals surface area (Å²) < 4.78 is 5.46. The van der Waals surface area contributed by atoms with E-state index in [-0.39, 0.29) is 5.91 Å². The Kier molecular flexibility index (Phi) is 4.09. The Morgan fingerprint density at radius 3 is 3.14 bits per heavy atom. The molecule has 1 aliphatic heterocycles. The third kappa shape index (κ3) is 2.68. The summed E-state index contributed by atoms with van der Waals surface area (Å²) in [6.45, 7) is 5.85. The van der Waals surface area contributed by atoms with Gasteiger partial charge in [0, 0.05) is 30.9 Å². The van der Waals surface area contributed by atoms with Crippen LogP contribution in [-0.4, -0.2) is 45.7 Å². The van der Waals surface area contributed by atoms with Gasteiger partial charge in [0.2, 0.25) is 5.88 Å². The van der Waals surface area contributed by atoms with Crippen molar-refractivity contribution < 1.29 is 9.53 Å². The molecule has 1 fully saturated rings. The van der Waals surface area contributed by atoms with E-state index in [1.807, 2.05) is 24.9 Å². The molecule has 1 aliphatic rings. The lowest BCUT2D eigenvalue weighted by Crippen LogP contribution is -2.29. The largest absolute Gasteiger partial charge is 0.477 e. The summed E-state index contributed by atoms with van der Waals surface area (Å²) in [6, 6.07) is 3.54. The predicted octanol–water partition coefficient (Wildman–Crippen LogP) is 2.14. The van der Waals surface area contributed by atoms with E-state index in [1.165, 1.54) is 0 Å². The van der Waals surface area contributed by atoms with E-state index in [9.17, 15) is 4.79 Å². The topological polar surface area (TPSA) is 71.1 Å². The monoisotopic (exact) mass is 300 g/mol. The van der Waals surface area contributed by atoms with Crippen LogP contribution in [0.25, 0.3) is 0 Å². The summed E-state index contributed by atoms with van der Waals surface area (Å²) in [4.78, 5) is 18.7. The summed E-state index contributed by atoms with van der Waals surface area (Å²) >= 11 is 0. The summed E-state index contributed by atoms with van der Waals surface area (Å²) in [5, 5.41) is 7.13. The molecule has 6 nitrogen and oxygen atoms in total. The van der Waals surface area contributed by atoms with Gasteiger partial charge in [-0.2, -0.15) is 5.10 Å². The maximum absolute atomic E-state index is 12.7. The Balaban J connectivity index is 1.76. The van der Waals surface area contributed by atoms with Crippen LogP contribution in [0.3, 0.4) is 0 Å². The van der Waals surface area contributed by atoms with Crippen molar-refractivity contribution in [3.63, 3.8) is 0 Å². The molecule has 2 aromatic rings. The van der Waals surface area contributed by atoms with E-state index in [0.717, 1.165) is 24.2 Å². The number of aromatic nitrogens is 3. The molecule has 6 heteroatoms. The van der Waals surface area contributed by atoms with Gasteiger partial charge in [0.25, 0.3) is 5.91 Å². The molecule has 3 heterocycles. The predicted molar refractivity (Wildman–Crippen MR) is 82.0 cm³/mol. The zero-order valence-corrected chi connectivity index (χ0v) is 12.9. The summed E-state index contributed by atoms with van der Waals surface area (Å²) in [7, 11) is 0. The third-order valence-corrected chi connectivity index (χ3v) is 4.03. The number of pyridine rings is 1. The number of H-pyrrole nitrogens is 1. The Labute approximate surface area is 129 Å². The quantitative estimate of drug-likeness (QED) is 0.939. The van der Waals surface area contributed by atoms with Crippen LogP contribution in [0.5, 0.6) is 5.88 Å². The molecule has 3 rings (SSSR count). The van der Waals surface area contributed by atoms with Gasteiger partial charge in [-0.1, -0.05) is 0 Å². The average molecular weight is 300 g/mol. The van der Waals surface area contributed by atoms with Gasteiger partial charge in [0.15, 0.2) is 0 Å². The Hall–Kier alpha value is -2.37. The van der Waals surface area contributed by atoms with E-state index in [0.29, 0.717) is 30.5 Å². The number of rotatable bonds is 4. The zero-order chi connectivity index (χ0) is 15.5. The second-order valence-electron chi connectivity index (χ2n) is 5.49. The van der Waals surface area contributed by atoms with Gasteiger partial charge in [-0.3, -0.25) is 9.89 Å². The standard InChI is InChI=1S/C16H20N4O2/c1-3-22-15-13(5-4-7-17-15)16(21)20-8-6-12(10-20)14-11(2)9-18-19-14/h4-5,7,9,12H,3,6,8,10H2,1-2H3,(H,18,19)/t12-/m1/s1. The van der Waals surface area contributed by atoms with Crippen LogP contribution < -0.4 is 4.74 Å². The summed E-state index contributed by atoms with van der Waals surface area (Å²) in [5.41, 5.74) is 2.81. The average Bonchev–Trinajstić information content (AvgIpc) is 3.16. The van der Waals surface area contributed by atoms with E-state index in [2.05, 4.69) is 15.2 Å². The number of likely N-dealkylation sites (tertiary alicyclic amines) is 1. The van der Waals surface area contributed by atoms with Crippen LogP contribution in [0.15, 0.2) is 24.5 Å². The van der Waals surface area contributed by atoms with Crippen molar-refractivity contribution in [2.24, 2.45) is 0 Å². The second-order valence-corrected chi connectivity index (χ2v) is 5.49. The van der Waals surface area contributed by atoms with Crippen LogP contribution in [0.4, 0.5) is 0 Å². The van der Waals surface area contributed by atoms with Crippen LogP contribution in [0.2, 0.25) is 0 Å². The molecule has 0 spiro atoms. The maximum atomic E-state index is 12.7. The van der Waals surface area contributed by atoms with Crippen LogP contribution in [0.1, 0.15) is 40.9 Å². The number of hydrogen-bond acceptors (Lipinski definition) is 4. The van der Waals surface area contributed by atoms with Gasteiger partial charge in [0.1, 0.15) is 5.56 Å². The summed E-state index contributed by atoms with van der Waals surface area (Å²) in [6.07, 6.45) is 4.41. The highest BCUT2D eigenvalue weighted by Gasteiger charge is 2.31. The normalized spacial score (nSPS) is 17.7. The van der Waals surface area contributed by atoms with Gasteiger partial charge < -0.3 is 9.64 Å².